The SMILES string of the molecule is Cn1cnnc1-c1cc(F)ccc1-c1cccc(-c2nc3cc(CN[C@H]4CCC[C@@H]4O)cc(C(F)(F)F)c3[nH]2)c1. The lowest BCUT2D eigenvalue weighted by Crippen LogP contribution is -2.35. The minimum absolute atomic E-state index is 0.0980. The summed E-state index contributed by atoms with van der Waals surface area (Å²) in [4.78, 5) is 7.41. The number of fused-ring (bicyclic) bond motifs is 1. The monoisotopic (exact) mass is 550 g/mol. The van der Waals surface area contributed by atoms with E-state index in [2.05, 4.69) is 25.5 Å². The maximum atomic E-state index is 14.2. The van der Waals surface area contributed by atoms with Crippen molar-refractivity contribution in [2.24, 2.45) is 7.05 Å². The van der Waals surface area contributed by atoms with Crippen LogP contribution < -0.4 is 5.32 Å². The molecular formula is C29H26F4N6O. The van der Waals surface area contributed by atoms with Crippen LogP contribution in [0, 0.1) is 5.82 Å². The van der Waals surface area contributed by atoms with Crippen LogP contribution in [0.2, 0.25) is 0 Å². The lowest BCUT2D eigenvalue weighted by molar-refractivity contribution is -0.136. The third-order valence-corrected chi connectivity index (χ3v) is 7.39. The number of alkyl halides is 3. The van der Waals surface area contributed by atoms with E-state index in [1.807, 2.05) is 6.07 Å². The number of H-pyrrole nitrogens is 1. The molecule has 0 radical (unpaired) electrons. The number of hydrogen-bond donors (Lipinski definition) is 3. The second kappa shape index (κ2) is 10.1. The van der Waals surface area contributed by atoms with Crippen molar-refractivity contribution in [2.75, 3.05) is 0 Å². The van der Waals surface area contributed by atoms with E-state index in [0.717, 1.165) is 18.9 Å². The van der Waals surface area contributed by atoms with Gasteiger partial charge in [0.15, 0.2) is 5.82 Å². The third-order valence-electron chi connectivity index (χ3n) is 7.39. The molecule has 5 aromatic rings. The lowest BCUT2D eigenvalue weighted by atomic mass is 9.97. The molecule has 0 spiro atoms. The Balaban J connectivity index is 1.39. The highest BCUT2D eigenvalue weighted by atomic mass is 19.4. The molecule has 0 aliphatic heterocycles. The number of nitrogens with one attached hydrogen (secondary N) is 2. The van der Waals surface area contributed by atoms with E-state index in [1.54, 1.807) is 41.9 Å². The number of aromatic amines is 1. The van der Waals surface area contributed by atoms with Gasteiger partial charge in [-0.1, -0.05) is 24.3 Å². The fourth-order valence-electron chi connectivity index (χ4n) is 5.38. The zero-order valence-electron chi connectivity index (χ0n) is 21.5. The minimum Gasteiger partial charge on any atom is -0.392 e. The van der Waals surface area contributed by atoms with Crippen molar-refractivity contribution >= 4 is 11.0 Å². The lowest BCUT2D eigenvalue weighted by Gasteiger charge is -2.17. The maximum absolute atomic E-state index is 14.2. The molecule has 0 amide bonds. The number of hydrogen-bond acceptors (Lipinski definition) is 5. The first-order valence-electron chi connectivity index (χ1n) is 12.9. The highest BCUT2D eigenvalue weighted by Gasteiger charge is 2.34. The smallest absolute Gasteiger partial charge is 0.392 e. The van der Waals surface area contributed by atoms with Gasteiger partial charge >= 0.3 is 6.18 Å². The summed E-state index contributed by atoms with van der Waals surface area (Å²) in [6.45, 7) is 0.188. The molecule has 1 saturated carbocycles. The van der Waals surface area contributed by atoms with Gasteiger partial charge in [-0.25, -0.2) is 9.37 Å². The predicted octanol–water partition coefficient (Wildman–Crippen LogP) is 5.85. The second-order valence-corrected chi connectivity index (χ2v) is 10.1. The summed E-state index contributed by atoms with van der Waals surface area (Å²) in [5.74, 6) is 0.327. The zero-order valence-corrected chi connectivity index (χ0v) is 21.5. The predicted molar refractivity (Wildman–Crippen MR) is 142 cm³/mol. The molecule has 0 unspecified atom stereocenters. The van der Waals surface area contributed by atoms with Gasteiger partial charge in [-0.05, 0) is 66.3 Å². The summed E-state index contributed by atoms with van der Waals surface area (Å²) in [7, 11) is 1.76. The summed E-state index contributed by atoms with van der Waals surface area (Å²) >= 11 is 0. The van der Waals surface area contributed by atoms with Crippen molar-refractivity contribution < 1.29 is 22.7 Å². The number of aromatic nitrogens is 5. The van der Waals surface area contributed by atoms with Crippen LogP contribution in [0.15, 0.2) is 60.9 Å². The van der Waals surface area contributed by atoms with Gasteiger partial charge in [0, 0.05) is 30.8 Å². The molecule has 40 heavy (non-hydrogen) atoms. The molecule has 1 fully saturated rings. The highest BCUT2D eigenvalue weighted by Crippen LogP contribution is 2.37. The van der Waals surface area contributed by atoms with E-state index in [9.17, 15) is 22.7 Å². The molecule has 6 rings (SSSR count). The minimum atomic E-state index is -4.59. The molecule has 3 N–H and O–H groups in total. The molecule has 11 heteroatoms. The van der Waals surface area contributed by atoms with Crippen molar-refractivity contribution in [1.29, 1.82) is 0 Å². The molecule has 0 saturated heterocycles. The molecule has 1 aliphatic rings. The topological polar surface area (TPSA) is 91.7 Å². The van der Waals surface area contributed by atoms with Crippen molar-refractivity contribution in [2.45, 2.75) is 44.1 Å². The van der Waals surface area contributed by atoms with Crippen molar-refractivity contribution in [3.8, 4) is 33.9 Å². The van der Waals surface area contributed by atoms with Gasteiger partial charge in [-0.2, -0.15) is 13.2 Å². The van der Waals surface area contributed by atoms with E-state index in [-0.39, 0.29) is 29.4 Å². The number of benzene rings is 3. The van der Waals surface area contributed by atoms with Crippen molar-refractivity contribution in [1.82, 2.24) is 30.0 Å². The molecule has 0 bridgehead atoms. The van der Waals surface area contributed by atoms with Crippen LogP contribution in [-0.2, 0) is 19.8 Å². The number of aliphatic hydroxyl groups excluding tert-OH is 1. The Hall–Kier alpha value is -4.09. The number of rotatable bonds is 6. The first-order chi connectivity index (χ1) is 19.2. The van der Waals surface area contributed by atoms with Crippen LogP contribution in [0.1, 0.15) is 30.4 Å². The Morgan fingerprint density at radius 2 is 1.88 bits per heavy atom. The Morgan fingerprint density at radius 1 is 1.05 bits per heavy atom. The molecular weight excluding hydrogens is 524 g/mol. The van der Waals surface area contributed by atoms with Gasteiger partial charge in [-0.3, -0.25) is 0 Å². The van der Waals surface area contributed by atoms with E-state index in [0.29, 0.717) is 40.1 Å². The van der Waals surface area contributed by atoms with E-state index in [4.69, 9.17) is 0 Å². The molecule has 206 valence electrons. The largest absolute Gasteiger partial charge is 0.418 e. The Bertz CT molecular complexity index is 1690. The quantitative estimate of drug-likeness (QED) is 0.231. The van der Waals surface area contributed by atoms with E-state index < -0.39 is 23.7 Å². The Labute approximate surface area is 226 Å². The number of aliphatic hydroxyl groups is 1. The maximum Gasteiger partial charge on any atom is 0.418 e. The first kappa shape index (κ1) is 26.1. The Kier molecular flexibility index (Phi) is 6.63. The fourth-order valence-corrected chi connectivity index (χ4v) is 5.38. The van der Waals surface area contributed by atoms with Gasteiger partial charge in [0.2, 0.25) is 0 Å². The van der Waals surface area contributed by atoms with Crippen LogP contribution in [0.25, 0.3) is 44.9 Å². The standard InChI is InChI=1S/C29H26F4N6O/c1-39-15-35-38-28(39)21-13-19(30)8-9-20(21)17-4-2-5-18(12-17)27-36-24-11-16(14-34-23-6-3-7-25(23)40)10-22(26(24)37-27)29(31,32)33/h2,4-5,8-13,15,23,25,34,40H,3,6-7,14H2,1H3,(H,36,37)/t23-,25-/m0/s1. The number of imidazole rings is 1. The average Bonchev–Trinajstić information content (AvgIpc) is 3.66. The second-order valence-electron chi connectivity index (χ2n) is 10.1. The van der Waals surface area contributed by atoms with Crippen LogP contribution in [0.3, 0.4) is 0 Å². The summed E-state index contributed by atoms with van der Waals surface area (Å²) in [5, 5.41) is 21.3. The zero-order chi connectivity index (χ0) is 28.0. The van der Waals surface area contributed by atoms with E-state index >= 15 is 0 Å². The molecule has 1 aliphatic carbocycles. The molecule has 2 aromatic heterocycles. The average molecular weight is 551 g/mol. The van der Waals surface area contributed by atoms with Crippen molar-refractivity contribution in [3.63, 3.8) is 0 Å². The van der Waals surface area contributed by atoms with Crippen LogP contribution in [0.5, 0.6) is 0 Å². The van der Waals surface area contributed by atoms with Crippen molar-refractivity contribution in [3.05, 3.63) is 77.9 Å². The van der Waals surface area contributed by atoms with Gasteiger partial charge < -0.3 is 20.0 Å². The number of nitrogens with zero attached hydrogens (tertiary/aromatic N) is 4. The first-order valence-corrected chi connectivity index (χ1v) is 12.9. The summed E-state index contributed by atoms with van der Waals surface area (Å²) < 4.78 is 58.1. The van der Waals surface area contributed by atoms with Gasteiger partial charge in [0.05, 0.1) is 22.7 Å². The van der Waals surface area contributed by atoms with Gasteiger partial charge in [0.25, 0.3) is 0 Å². The highest BCUT2D eigenvalue weighted by molar-refractivity contribution is 5.86. The van der Waals surface area contributed by atoms with Gasteiger partial charge in [-0.15, -0.1) is 10.2 Å². The summed E-state index contributed by atoms with van der Waals surface area (Å²) in [5.41, 5.74) is 2.24. The Morgan fingerprint density at radius 3 is 2.60 bits per heavy atom. The fraction of sp³-hybridized carbons (Fsp3) is 0.276. The van der Waals surface area contributed by atoms with Crippen LogP contribution >= 0.6 is 0 Å². The summed E-state index contributed by atoms with van der Waals surface area (Å²) in [6.07, 6.45) is -1.22. The molecule has 7 nitrogen and oxygen atoms in total. The van der Waals surface area contributed by atoms with Gasteiger partial charge in [0.1, 0.15) is 18.0 Å². The normalized spacial score (nSPS) is 17.6. The molecule has 2 atom stereocenters. The van der Waals surface area contributed by atoms with E-state index in [1.165, 1.54) is 18.5 Å². The van der Waals surface area contributed by atoms with Crippen LogP contribution in [0.4, 0.5) is 17.6 Å². The van der Waals surface area contributed by atoms with Crippen LogP contribution in [-0.4, -0.2) is 42.0 Å². The third kappa shape index (κ3) is 4.98. The number of aryl methyl sites for hydroxylation is 1. The molecule has 2 heterocycles. The summed E-state index contributed by atoms with van der Waals surface area (Å²) in [6, 6.07) is 14.1. The molecule has 3 aromatic carbocycles. The number of halogens is 4.